The Kier molecular flexibility index (Phi) is 5.30. The summed E-state index contributed by atoms with van der Waals surface area (Å²) in [5.74, 6) is 0.621. The predicted molar refractivity (Wildman–Crippen MR) is 113 cm³/mol. The van der Waals surface area contributed by atoms with Gasteiger partial charge in [-0.15, -0.1) is 11.3 Å². The minimum Gasteiger partial charge on any atom is -0.487 e. The van der Waals surface area contributed by atoms with E-state index in [1.807, 2.05) is 53.9 Å². The maximum absolute atomic E-state index is 12.1. The van der Waals surface area contributed by atoms with Crippen molar-refractivity contribution in [3.8, 4) is 5.75 Å². The molecule has 0 N–H and O–H groups in total. The molecule has 0 saturated carbocycles. The van der Waals surface area contributed by atoms with Gasteiger partial charge in [-0.25, -0.2) is 14.8 Å². The second kappa shape index (κ2) is 8.01. The maximum Gasteiger partial charge on any atom is 0.363 e. The average Bonchev–Trinajstić information content (AvgIpc) is 3.32. The molecule has 0 fully saturated rings. The normalized spacial score (nSPS) is 14.9. The summed E-state index contributed by atoms with van der Waals surface area (Å²) in [5, 5.41) is 1.95. The number of ether oxygens (including phenoxy) is 2. The van der Waals surface area contributed by atoms with Gasteiger partial charge < -0.3 is 9.47 Å². The van der Waals surface area contributed by atoms with Gasteiger partial charge in [0.2, 0.25) is 5.90 Å². The highest BCUT2D eigenvalue weighted by molar-refractivity contribution is 14.1. The molecule has 0 bridgehead atoms. The lowest BCUT2D eigenvalue weighted by Crippen LogP contribution is -2.06. The van der Waals surface area contributed by atoms with Crippen molar-refractivity contribution in [3.05, 3.63) is 85.5 Å². The van der Waals surface area contributed by atoms with E-state index in [0.29, 0.717) is 12.5 Å². The van der Waals surface area contributed by atoms with Gasteiger partial charge in [-0.3, -0.25) is 0 Å². The topological polar surface area (TPSA) is 60.8 Å². The van der Waals surface area contributed by atoms with Crippen LogP contribution >= 0.6 is 33.9 Å². The van der Waals surface area contributed by atoms with E-state index in [1.54, 1.807) is 11.6 Å². The Morgan fingerprint density at radius 1 is 1.15 bits per heavy atom. The van der Waals surface area contributed by atoms with E-state index < -0.39 is 5.97 Å². The second-order valence-corrected chi connectivity index (χ2v) is 7.53. The summed E-state index contributed by atoms with van der Waals surface area (Å²) >= 11 is 3.73. The molecule has 134 valence electrons. The van der Waals surface area contributed by atoms with Gasteiger partial charge in [-0.2, -0.15) is 0 Å². The summed E-state index contributed by atoms with van der Waals surface area (Å²) in [7, 11) is 0. The molecule has 4 rings (SSSR count). The zero-order valence-corrected chi connectivity index (χ0v) is 16.9. The Morgan fingerprint density at radius 2 is 1.96 bits per heavy atom. The van der Waals surface area contributed by atoms with Gasteiger partial charge in [0.05, 0.1) is 16.8 Å². The minimum absolute atomic E-state index is 0.279. The molecule has 2 aromatic carbocycles. The van der Waals surface area contributed by atoms with E-state index in [0.717, 1.165) is 26.1 Å². The van der Waals surface area contributed by atoms with Crippen LogP contribution in [0.15, 0.2) is 70.1 Å². The largest absolute Gasteiger partial charge is 0.487 e. The van der Waals surface area contributed by atoms with Crippen LogP contribution < -0.4 is 4.74 Å². The number of nitrogens with zero attached hydrogens (tertiary/aromatic N) is 2. The molecule has 0 spiro atoms. The highest BCUT2D eigenvalue weighted by Crippen LogP contribution is 2.23. The summed E-state index contributed by atoms with van der Waals surface area (Å²) in [6, 6.07) is 15.1. The number of benzene rings is 2. The molecule has 0 unspecified atom stereocenters. The first-order chi connectivity index (χ1) is 13.2. The Bertz CT molecular complexity index is 1030. The van der Waals surface area contributed by atoms with Crippen molar-refractivity contribution in [2.24, 2.45) is 4.99 Å². The summed E-state index contributed by atoms with van der Waals surface area (Å²) in [6.07, 6.45) is 1.70. The minimum atomic E-state index is -0.450. The Labute approximate surface area is 173 Å². The highest BCUT2D eigenvalue weighted by Gasteiger charge is 2.25. The van der Waals surface area contributed by atoms with Gasteiger partial charge in [0.15, 0.2) is 5.70 Å². The first-order valence-electron chi connectivity index (χ1n) is 8.06. The number of halogens is 1. The fourth-order valence-electron chi connectivity index (χ4n) is 2.44. The molecule has 27 heavy (non-hydrogen) atoms. The van der Waals surface area contributed by atoms with Crippen LogP contribution in [0.25, 0.3) is 6.08 Å². The molecule has 5 nitrogen and oxygen atoms in total. The van der Waals surface area contributed by atoms with Crippen LogP contribution in [0.2, 0.25) is 0 Å². The highest BCUT2D eigenvalue weighted by atomic mass is 127. The van der Waals surface area contributed by atoms with E-state index in [1.165, 1.54) is 11.3 Å². The number of esters is 1. The van der Waals surface area contributed by atoms with Gasteiger partial charge in [0.1, 0.15) is 12.4 Å². The number of aliphatic imine (C=N–C) groups is 1. The molecule has 1 aromatic heterocycles. The van der Waals surface area contributed by atoms with Gasteiger partial charge in [0, 0.05) is 8.95 Å². The van der Waals surface area contributed by atoms with Crippen molar-refractivity contribution < 1.29 is 14.3 Å². The number of carbonyl (C=O) groups is 1. The molecule has 0 atom stereocenters. The van der Waals surface area contributed by atoms with Crippen molar-refractivity contribution in [2.45, 2.75) is 6.61 Å². The van der Waals surface area contributed by atoms with Crippen molar-refractivity contribution >= 4 is 51.9 Å². The quantitative estimate of drug-likeness (QED) is 0.298. The predicted octanol–water partition coefficient (Wildman–Crippen LogP) is 4.67. The molecular weight excluding hydrogens is 475 g/mol. The first kappa shape index (κ1) is 17.9. The molecule has 0 amide bonds. The van der Waals surface area contributed by atoms with E-state index >= 15 is 0 Å². The molecule has 3 aromatic rings. The number of aromatic nitrogens is 1. The summed E-state index contributed by atoms with van der Waals surface area (Å²) in [5.41, 5.74) is 4.61. The third-order valence-electron chi connectivity index (χ3n) is 3.78. The van der Waals surface area contributed by atoms with Crippen molar-refractivity contribution in [3.63, 3.8) is 0 Å². The summed E-state index contributed by atoms with van der Waals surface area (Å²) in [4.78, 5) is 20.7. The van der Waals surface area contributed by atoms with Gasteiger partial charge in [-0.05, 0) is 58.5 Å². The number of hydrogen-bond acceptors (Lipinski definition) is 6. The first-order valence-corrected chi connectivity index (χ1v) is 10.1. The van der Waals surface area contributed by atoms with Crippen LogP contribution in [-0.4, -0.2) is 16.9 Å². The zero-order chi connectivity index (χ0) is 18.6. The average molecular weight is 488 g/mol. The third kappa shape index (κ3) is 4.25. The molecule has 0 aliphatic carbocycles. The lowest BCUT2D eigenvalue weighted by Gasteiger charge is -2.04. The van der Waals surface area contributed by atoms with Crippen molar-refractivity contribution in [2.75, 3.05) is 0 Å². The molecule has 7 heteroatoms. The number of cyclic esters (lactones) is 1. The van der Waals surface area contributed by atoms with Crippen LogP contribution in [0.5, 0.6) is 5.75 Å². The summed E-state index contributed by atoms with van der Waals surface area (Å²) < 4.78 is 12.0. The molecular formula is C20H13IN2O3S. The van der Waals surface area contributed by atoms with E-state index in [9.17, 15) is 4.79 Å². The molecule has 1 aliphatic heterocycles. The van der Waals surface area contributed by atoms with Crippen molar-refractivity contribution in [1.82, 2.24) is 4.98 Å². The van der Waals surface area contributed by atoms with Crippen molar-refractivity contribution in [1.29, 1.82) is 0 Å². The number of carbonyl (C=O) groups excluding carboxylic acids is 1. The van der Waals surface area contributed by atoms with Gasteiger partial charge in [0.25, 0.3) is 0 Å². The number of thiazole rings is 1. The lowest BCUT2D eigenvalue weighted by molar-refractivity contribution is -0.129. The fourth-order valence-corrected chi connectivity index (χ4v) is 3.60. The van der Waals surface area contributed by atoms with Crippen LogP contribution in [0.3, 0.4) is 0 Å². The van der Waals surface area contributed by atoms with Gasteiger partial charge in [-0.1, -0.05) is 24.3 Å². The van der Waals surface area contributed by atoms with E-state index in [4.69, 9.17) is 9.47 Å². The van der Waals surface area contributed by atoms with Crippen LogP contribution in [0, 0.1) is 3.57 Å². The second-order valence-electron chi connectivity index (χ2n) is 5.65. The van der Waals surface area contributed by atoms with Crippen LogP contribution in [0.1, 0.15) is 16.8 Å². The SMILES string of the molecule is O=C1OC(c2ccccc2I)=N/C1=C\c1ccc(OCc2cscn2)cc1. The third-order valence-corrected chi connectivity index (χ3v) is 5.35. The summed E-state index contributed by atoms with van der Waals surface area (Å²) in [6.45, 7) is 0.430. The van der Waals surface area contributed by atoms with Gasteiger partial charge >= 0.3 is 5.97 Å². The number of rotatable bonds is 5. The standard InChI is InChI=1S/C20H13IN2O3S/c21-17-4-2-1-3-16(17)19-23-18(20(24)26-19)9-13-5-7-15(8-6-13)25-10-14-11-27-12-22-14/h1-9,11-12H,10H2/b18-9-. The molecule has 0 radical (unpaired) electrons. The van der Waals surface area contributed by atoms with Crippen LogP contribution in [-0.2, 0) is 16.1 Å². The molecule has 2 heterocycles. The van der Waals surface area contributed by atoms with E-state index in [-0.39, 0.29) is 5.70 Å². The fraction of sp³-hybridized carbons (Fsp3) is 0.0500. The van der Waals surface area contributed by atoms with E-state index in [2.05, 4.69) is 32.6 Å². The zero-order valence-electron chi connectivity index (χ0n) is 14.0. The molecule has 1 aliphatic rings. The lowest BCUT2D eigenvalue weighted by atomic mass is 10.2. The maximum atomic E-state index is 12.1. The Hall–Kier alpha value is -2.52. The smallest absolute Gasteiger partial charge is 0.363 e. The van der Waals surface area contributed by atoms with Crippen LogP contribution in [0.4, 0.5) is 0 Å². The Balaban J connectivity index is 1.49. The number of hydrogen-bond donors (Lipinski definition) is 0. The Morgan fingerprint density at radius 3 is 2.70 bits per heavy atom. The monoisotopic (exact) mass is 488 g/mol. The molecule has 0 saturated heterocycles.